The van der Waals surface area contributed by atoms with E-state index >= 15 is 0 Å². The third kappa shape index (κ3) is 3.55. The van der Waals surface area contributed by atoms with Crippen molar-refractivity contribution in [3.63, 3.8) is 0 Å². The lowest BCUT2D eigenvalue weighted by molar-refractivity contribution is 0.294. The molecular weight excluding hydrogens is 272 g/mol. The third-order valence-electron chi connectivity index (χ3n) is 2.97. The van der Waals surface area contributed by atoms with Crippen LogP contribution in [0.1, 0.15) is 22.5 Å². The summed E-state index contributed by atoms with van der Waals surface area (Å²) in [5.74, 6) is 7.06. The smallest absolute Gasteiger partial charge is 0.130 e. The second-order valence-electron chi connectivity index (χ2n) is 4.60. The van der Waals surface area contributed by atoms with Crippen LogP contribution >= 0.6 is 11.6 Å². The standard InChI is InChI=1S/C16H17ClN2O/c1-12-9-16(7-6-14(12)5-4-8-17)20-11-15-10-13(2)18-19(15)3/h6-7,9-10H,8,11H2,1-3H3. The van der Waals surface area contributed by atoms with Gasteiger partial charge in [-0.05, 0) is 43.7 Å². The SMILES string of the molecule is Cc1cc(COc2ccc(C#CCCl)c(C)c2)n(C)n1. The zero-order chi connectivity index (χ0) is 14.5. The second kappa shape index (κ2) is 6.49. The monoisotopic (exact) mass is 288 g/mol. The van der Waals surface area contributed by atoms with Gasteiger partial charge < -0.3 is 4.74 Å². The van der Waals surface area contributed by atoms with E-state index in [-0.39, 0.29) is 0 Å². The third-order valence-corrected chi connectivity index (χ3v) is 3.11. The van der Waals surface area contributed by atoms with Crippen molar-refractivity contribution in [3.8, 4) is 17.6 Å². The van der Waals surface area contributed by atoms with Crippen molar-refractivity contribution in [3.05, 3.63) is 46.8 Å². The Balaban J connectivity index is 2.07. The lowest BCUT2D eigenvalue weighted by Crippen LogP contribution is -2.03. The molecule has 2 rings (SSSR count). The van der Waals surface area contributed by atoms with Gasteiger partial charge >= 0.3 is 0 Å². The summed E-state index contributed by atoms with van der Waals surface area (Å²) in [6, 6.07) is 7.89. The molecule has 104 valence electrons. The predicted octanol–water partition coefficient (Wildman–Crippen LogP) is 3.21. The van der Waals surface area contributed by atoms with Crippen molar-refractivity contribution >= 4 is 11.6 Å². The fraction of sp³-hybridized carbons (Fsp3) is 0.312. The van der Waals surface area contributed by atoms with Crippen molar-refractivity contribution in [1.82, 2.24) is 9.78 Å². The zero-order valence-electron chi connectivity index (χ0n) is 11.9. The topological polar surface area (TPSA) is 27.1 Å². The number of hydrogen-bond acceptors (Lipinski definition) is 2. The number of ether oxygens (including phenoxy) is 1. The number of benzene rings is 1. The molecule has 20 heavy (non-hydrogen) atoms. The highest BCUT2D eigenvalue weighted by atomic mass is 35.5. The van der Waals surface area contributed by atoms with Gasteiger partial charge in [0.2, 0.25) is 0 Å². The van der Waals surface area contributed by atoms with E-state index in [0.717, 1.165) is 28.3 Å². The number of nitrogens with zero attached hydrogens (tertiary/aromatic N) is 2. The summed E-state index contributed by atoms with van der Waals surface area (Å²) in [4.78, 5) is 0. The molecule has 3 nitrogen and oxygen atoms in total. The van der Waals surface area contributed by atoms with E-state index in [2.05, 4.69) is 16.9 Å². The fourth-order valence-electron chi connectivity index (χ4n) is 1.95. The summed E-state index contributed by atoms with van der Waals surface area (Å²) < 4.78 is 7.63. The van der Waals surface area contributed by atoms with Crippen LogP contribution in [-0.4, -0.2) is 15.7 Å². The first-order valence-corrected chi connectivity index (χ1v) is 6.91. The molecule has 0 spiro atoms. The van der Waals surface area contributed by atoms with Crippen LogP contribution in [0, 0.1) is 25.7 Å². The van der Waals surface area contributed by atoms with Gasteiger partial charge in [-0.25, -0.2) is 0 Å². The Hall–Kier alpha value is -1.92. The molecule has 0 amide bonds. The quantitative estimate of drug-likeness (QED) is 0.640. The molecule has 1 aromatic heterocycles. The van der Waals surface area contributed by atoms with Gasteiger partial charge in [0.25, 0.3) is 0 Å². The Kier molecular flexibility index (Phi) is 4.70. The van der Waals surface area contributed by atoms with Crippen LogP contribution in [0.2, 0.25) is 0 Å². The molecule has 0 aliphatic heterocycles. The highest BCUT2D eigenvalue weighted by molar-refractivity contribution is 6.19. The van der Waals surface area contributed by atoms with Gasteiger partial charge in [-0.3, -0.25) is 4.68 Å². The lowest BCUT2D eigenvalue weighted by atomic mass is 10.1. The van der Waals surface area contributed by atoms with Crippen LogP contribution < -0.4 is 4.74 Å². The summed E-state index contributed by atoms with van der Waals surface area (Å²) in [5, 5.41) is 4.29. The maximum atomic E-state index is 5.79. The zero-order valence-corrected chi connectivity index (χ0v) is 12.7. The molecular formula is C16H17ClN2O. The molecule has 0 atom stereocenters. The van der Waals surface area contributed by atoms with Gasteiger partial charge in [0.15, 0.2) is 0 Å². The Bertz CT molecular complexity index is 665. The largest absolute Gasteiger partial charge is 0.487 e. The molecule has 0 saturated heterocycles. The Morgan fingerprint density at radius 2 is 2.10 bits per heavy atom. The van der Waals surface area contributed by atoms with E-state index in [1.54, 1.807) is 0 Å². The van der Waals surface area contributed by atoms with Gasteiger partial charge in [-0.15, -0.1) is 11.6 Å². The van der Waals surface area contributed by atoms with Gasteiger partial charge in [-0.2, -0.15) is 5.10 Å². The number of rotatable bonds is 3. The molecule has 4 heteroatoms. The minimum atomic E-state index is 0.345. The van der Waals surface area contributed by atoms with E-state index in [4.69, 9.17) is 16.3 Å². The Labute approximate surface area is 124 Å². The first-order chi connectivity index (χ1) is 9.60. The van der Waals surface area contributed by atoms with Crippen LogP contribution in [0.5, 0.6) is 5.75 Å². The number of aryl methyl sites for hydroxylation is 3. The van der Waals surface area contributed by atoms with Crippen LogP contribution in [-0.2, 0) is 13.7 Å². The number of aromatic nitrogens is 2. The maximum absolute atomic E-state index is 5.79. The molecule has 0 aliphatic rings. The predicted molar refractivity (Wildman–Crippen MR) is 81.1 cm³/mol. The summed E-state index contributed by atoms with van der Waals surface area (Å²) in [6.07, 6.45) is 0. The van der Waals surface area contributed by atoms with Crippen LogP contribution in [0.4, 0.5) is 0 Å². The number of halogens is 1. The minimum absolute atomic E-state index is 0.345. The summed E-state index contributed by atoms with van der Waals surface area (Å²) >= 11 is 5.56. The molecule has 0 radical (unpaired) electrons. The molecule has 0 N–H and O–H groups in total. The molecule has 0 bridgehead atoms. The summed E-state index contributed by atoms with van der Waals surface area (Å²) in [5.41, 5.74) is 4.11. The molecule has 0 fully saturated rings. The number of hydrogen-bond donors (Lipinski definition) is 0. The average Bonchev–Trinajstić information content (AvgIpc) is 2.73. The first kappa shape index (κ1) is 14.5. The van der Waals surface area contributed by atoms with Crippen LogP contribution in [0.3, 0.4) is 0 Å². The summed E-state index contributed by atoms with van der Waals surface area (Å²) in [6.45, 7) is 4.49. The van der Waals surface area contributed by atoms with Gasteiger partial charge in [0, 0.05) is 12.6 Å². The minimum Gasteiger partial charge on any atom is -0.487 e. The van der Waals surface area contributed by atoms with Crippen molar-refractivity contribution in [1.29, 1.82) is 0 Å². The van der Waals surface area contributed by atoms with E-state index in [1.165, 1.54) is 0 Å². The van der Waals surface area contributed by atoms with Crippen LogP contribution in [0.25, 0.3) is 0 Å². The van der Waals surface area contributed by atoms with Crippen molar-refractivity contribution in [2.24, 2.45) is 7.05 Å². The van der Waals surface area contributed by atoms with E-state index in [1.807, 2.05) is 49.8 Å². The lowest BCUT2D eigenvalue weighted by Gasteiger charge is -2.08. The van der Waals surface area contributed by atoms with Crippen molar-refractivity contribution in [2.75, 3.05) is 5.88 Å². The normalized spacial score (nSPS) is 10.0. The molecule has 1 aromatic carbocycles. The van der Waals surface area contributed by atoms with E-state index < -0.39 is 0 Å². The highest BCUT2D eigenvalue weighted by Crippen LogP contribution is 2.18. The van der Waals surface area contributed by atoms with Crippen molar-refractivity contribution < 1.29 is 4.74 Å². The van der Waals surface area contributed by atoms with Crippen LogP contribution in [0.15, 0.2) is 24.3 Å². The maximum Gasteiger partial charge on any atom is 0.130 e. The average molecular weight is 289 g/mol. The molecule has 0 saturated carbocycles. The van der Waals surface area contributed by atoms with Crippen molar-refractivity contribution in [2.45, 2.75) is 20.5 Å². The molecule has 1 heterocycles. The second-order valence-corrected chi connectivity index (χ2v) is 4.87. The van der Waals surface area contributed by atoms with Gasteiger partial charge in [-0.1, -0.05) is 11.8 Å². The highest BCUT2D eigenvalue weighted by Gasteiger charge is 2.04. The first-order valence-electron chi connectivity index (χ1n) is 6.38. The fourth-order valence-corrected chi connectivity index (χ4v) is 2.02. The molecule has 0 aliphatic carbocycles. The van der Waals surface area contributed by atoms with Gasteiger partial charge in [0.1, 0.15) is 12.4 Å². The number of alkyl halides is 1. The van der Waals surface area contributed by atoms with Gasteiger partial charge in [0.05, 0.1) is 17.3 Å². The van der Waals surface area contributed by atoms with E-state index in [0.29, 0.717) is 12.5 Å². The molecule has 0 unspecified atom stereocenters. The Morgan fingerprint density at radius 1 is 1.30 bits per heavy atom. The Morgan fingerprint density at radius 3 is 2.70 bits per heavy atom. The summed E-state index contributed by atoms with van der Waals surface area (Å²) in [7, 11) is 1.92. The molecule has 2 aromatic rings. The van der Waals surface area contributed by atoms with E-state index in [9.17, 15) is 0 Å².